The molecule has 21 heavy (non-hydrogen) atoms. The Morgan fingerprint density at radius 1 is 1.05 bits per heavy atom. The van der Waals surface area contributed by atoms with Crippen molar-refractivity contribution in [3.8, 4) is 0 Å². The summed E-state index contributed by atoms with van der Waals surface area (Å²) in [6, 6.07) is 12.5. The summed E-state index contributed by atoms with van der Waals surface area (Å²) in [4.78, 5) is 0. The maximum Gasteiger partial charge on any atom is 0.416 e. The number of hydrogen-bond donors (Lipinski definition) is 2. The Morgan fingerprint density at radius 2 is 1.67 bits per heavy atom. The molecule has 0 bridgehead atoms. The molecule has 2 rings (SSSR count). The zero-order valence-corrected chi connectivity index (χ0v) is 12.6. The number of nitrogens with two attached hydrogens (primary N) is 1. The summed E-state index contributed by atoms with van der Waals surface area (Å²) >= 11 is 3.44. The van der Waals surface area contributed by atoms with Crippen LogP contribution < -0.4 is 11.3 Å². The molecule has 0 aliphatic rings. The van der Waals surface area contributed by atoms with E-state index in [1.54, 1.807) is 0 Å². The SMILES string of the molecule is NNC(Cc1ccc(C(F)(F)F)cc1)c1ccccc1Br. The van der Waals surface area contributed by atoms with E-state index in [9.17, 15) is 13.2 Å². The lowest BCUT2D eigenvalue weighted by atomic mass is 9.98. The van der Waals surface area contributed by atoms with Crippen LogP contribution in [0.3, 0.4) is 0 Å². The number of nitrogens with one attached hydrogen (secondary N) is 1. The Morgan fingerprint density at radius 3 is 2.19 bits per heavy atom. The van der Waals surface area contributed by atoms with E-state index in [4.69, 9.17) is 5.84 Å². The molecule has 0 fully saturated rings. The summed E-state index contributed by atoms with van der Waals surface area (Å²) in [6.45, 7) is 0. The smallest absolute Gasteiger partial charge is 0.271 e. The largest absolute Gasteiger partial charge is 0.416 e. The molecule has 0 aromatic heterocycles. The fourth-order valence-electron chi connectivity index (χ4n) is 2.08. The molecule has 2 aromatic carbocycles. The van der Waals surface area contributed by atoms with Gasteiger partial charge in [-0.2, -0.15) is 13.2 Å². The quantitative estimate of drug-likeness (QED) is 0.634. The van der Waals surface area contributed by atoms with Crippen LogP contribution in [0.5, 0.6) is 0 Å². The monoisotopic (exact) mass is 358 g/mol. The zero-order chi connectivity index (χ0) is 15.5. The molecule has 0 radical (unpaired) electrons. The Balaban J connectivity index is 2.18. The van der Waals surface area contributed by atoms with E-state index in [1.807, 2.05) is 24.3 Å². The molecule has 0 heterocycles. The standard InChI is InChI=1S/C15H14BrF3N2/c16-13-4-2-1-3-12(13)14(21-20)9-10-5-7-11(8-6-10)15(17,18)19/h1-8,14,21H,9,20H2. The minimum atomic E-state index is -4.31. The van der Waals surface area contributed by atoms with E-state index in [1.165, 1.54) is 12.1 Å². The first-order chi connectivity index (χ1) is 9.91. The van der Waals surface area contributed by atoms with Gasteiger partial charge in [0, 0.05) is 4.47 Å². The third-order valence-corrected chi connectivity index (χ3v) is 3.93. The number of alkyl halides is 3. The van der Waals surface area contributed by atoms with Gasteiger partial charge in [-0.3, -0.25) is 11.3 Å². The Hall–Kier alpha value is -1.37. The minimum Gasteiger partial charge on any atom is -0.271 e. The lowest BCUT2D eigenvalue weighted by Crippen LogP contribution is -2.29. The highest BCUT2D eigenvalue weighted by atomic mass is 79.9. The Labute approximate surface area is 129 Å². The first-order valence-electron chi connectivity index (χ1n) is 6.28. The van der Waals surface area contributed by atoms with Gasteiger partial charge in [0.05, 0.1) is 11.6 Å². The van der Waals surface area contributed by atoms with Gasteiger partial charge in [0.1, 0.15) is 0 Å². The lowest BCUT2D eigenvalue weighted by molar-refractivity contribution is -0.137. The number of rotatable bonds is 4. The molecule has 0 saturated carbocycles. The number of hydrogen-bond acceptors (Lipinski definition) is 2. The molecule has 112 valence electrons. The van der Waals surface area contributed by atoms with E-state index >= 15 is 0 Å². The van der Waals surface area contributed by atoms with Crippen LogP contribution in [-0.2, 0) is 12.6 Å². The van der Waals surface area contributed by atoms with Crippen LogP contribution >= 0.6 is 15.9 Å². The highest BCUT2D eigenvalue weighted by Gasteiger charge is 2.30. The average molecular weight is 359 g/mol. The molecule has 0 aliphatic heterocycles. The molecular formula is C15H14BrF3N2. The first-order valence-corrected chi connectivity index (χ1v) is 7.08. The molecule has 3 N–H and O–H groups in total. The van der Waals surface area contributed by atoms with Crippen LogP contribution in [0.15, 0.2) is 53.0 Å². The van der Waals surface area contributed by atoms with Crippen LogP contribution in [0.1, 0.15) is 22.7 Å². The number of halogens is 4. The molecule has 0 spiro atoms. The van der Waals surface area contributed by atoms with Gasteiger partial charge < -0.3 is 0 Å². The van der Waals surface area contributed by atoms with Gasteiger partial charge in [0.25, 0.3) is 0 Å². The molecule has 0 amide bonds. The number of benzene rings is 2. The van der Waals surface area contributed by atoms with E-state index in [2.05, 4.69) is 21.4 Å². The second-order valence-corrected chi connectivity index (χ2v) is 5.49. The summed E-state index contributed by atoms with van der Waals surface area (Å²) in [5.41, 5.74) is 3.79. The van der Waals surface area contributed by atoms with Gasteiger partial charge in [0.15, 0.2) is 0 Å². The van der Waals surface area contributed by atoms with Crippen molar-refractivity contribution in [1.29, 1.82) is 0 Å². The van der Waals surface area contributed by atoms with Crippen molar-refractivity contribution in [3.63, 3.8) is 0 Å². The predicted octanol–water partition coefficient (Wildman–Crippen LogP) is 4.22. The van der Waals surface area contributed by atoms with Gasteiger partial charge in [-0.25, -0.2) is 0 Å². The molecule has 0 aliphatic carbocycles. The molecular weight excluding hydrogens is 345 g/mol. The summed E-state index contributed by atoms with van der Waals surface area (Å²) in [6.07, 6.45) is -3.82. The lowest BCUT2D eigenvalue weighted by Gasteiger charge is -2.18. The van der Waals surface area contributed by atoms with E-state index < -0.39 is 11.7 Å². The fourth-order valence-corrected chi connectivity index (χ4v) is 2.64. The van der Waals surface area contributed by atoms with Gasteiger partial charge in [-0.15, -0.1) is 0 Å². The van der Waals surface area contributed by atoms with Crippen LogP contribution in [0.2, 0.25) is 0 Å². The highest BCUT2D eigenvalue weighted by molar-refractivity contribution is 9.10. The first kappa shape index (κ1) is 16.0. The average Bonchev–Trinajstić information content (AvgIpc) is 2.45. The van der Waals surface area contributed by atoms with Crippen molar-refractivity contribution < 1.29 is 13.2 Å². The summed E-state index contributed by atoms with van der Waals surface area (Å²) < 4.78 is 38.5. The van der Waals surface area contributed by atoms with Crippen LogP contribution in [0.25, 0.3) is 0 Å². The summed E-state index contributed by atoms with van der Waals surface area (Å²) in [5.74, 6) is 5.57. The maximum atomic E-state index is 12.5. The predicted molar refractivity (Wildman–Crippen MR) is 79.4 cm³/mol. The third-order valence-electron chi connectivity index (χ3n) is 3.20. The second-order valence-electron chi connectivity index (χ2n) is 4.64. The molecule has 2 nitrogen and oxygen atoms in total. The van der Waals surface area contributed by atoms with Crippen molar-refractivity contribution in [2.75, 3.05) is 0 Å². The van der Waals surface area contributed by atoms with Crippen molar-refractivity contribution in [1.82, 2.24) is 5.43 Å². The van der Waals surface area contributed by atoms with E-state index in [0.717, 1.165) is 27.7 Å². The van der Waals surface area contributed by atoms with Crippen LogP contribution in [-0.4, -0.2) is 0 Å². The van der Waals surface area contributed by atoms with Crippen LogP contribution in [0, 0.1) is 0 Å². The normalized spacial score (nSPS) is 13.2. The van der Waals surface area contributed by atoms with Crippen molar-refractivity contribution in [2.45, 2.75) is 18.6 Å². The molecule has 0 saturated heterocycles. The molecule has 6 heteroatoms. The second kappa shape index (κ2) is 6.60. The third kappa shape index (κ3) is 4.06. The Kier molecular flexibility index (Phi) is 5.03. The van der Waals surface area contributed by atoms with E-state index in [-0.39, 0.29) is 6.04 Å². The summed E-state index contributed by atoms with van der Waals surface area (Å²) in [7, 11) is 0. The molecule has 1 atom stereocenters. The van der Waals surface area contributed by atoms with Gasteiger partial charge >= 0.3 is 6.18 Å². The summed E-state index contributed by atoms with van der Waals surface area (Å²) in [5, 5.41) is 0. The van der Waals surface area contributed by atoms with Crippen LogP contribution in [0.4, 0.5) is 13.2 Å². The van der Waals surface area contributed by atoms with Gasteiger partial charge in [-0.1, -0.05) is 46.3 Å². The zero-order valence-electron chi connectivity index (χ0n) is 11.0. The van der Waals surface area contributed by atoms with E-state index in [0.29, 0.717) is 6.42 Å². The van der Waals surface area contributed by atoms with Crippen molar-refractivity contribution in [2.24, 2.45) is 5.84 Å². The van der Waals surface area contributed by atoms with Crippen molar-refractivity contribution >= 4 is 15.9 Å². The highest BCUT2D eigenvalue weighted by Crippen LogP contribution is 2.30. The maximum absolute atomic E-state index is 12.5. The molecule has 1 unspecified atom stereocenters. The molecule has 2 aromatic rings. The number of hydrazine groups is 1. The van der Waals surface area contributed by atoms with Crippen molar-refractivity contribution in [3.05, 3.63) is 69.7 Å². The van der Waals surface area contributed by atoms with Gasteiger partial charge in [-0.05, 0) is 35.7 Å². The topological polar surface area (TPSA) is 38.0 Å². The minimum absolute atomic E-state index is 0.183. The Bertz CT molecular complexity index is 597. The fraction of sp³-hybridized carbons (Fsp3) is 0.200. The van der Waals surface area contributed by atoms with Gasteiger partial charge in [0.2, 0.25) is 0 Å².